The van der Waals surface area contributed by atoms with Gasteiger partial charge in [0, 0.05) is 0 Å². The number of carbonyl (C=O) groups is 1. The van der Waals surface area contributed by atoms with Gasteiger partial charge in [-0.2, -0.15) is 0 Å². The number of alkyl halides is 5. The molecule has 0 fully saturated rings. The highest BCUT2D eigenvalue weighted by atomic mass is 35.5. The Balaban J connectivity index is 3.76. The Morgan fingerprint density at radius 1 is 1.09 bits per heavy atom. The summed E-state index contributed by atoms with van der Waals surface area (Å²) in [4.78, 5) is 8.62. The van der Waals surface area contributed by atoms with Crippen molar-refractivity contribution in [2.45, 2.75) is 15.2 Å². The van der Waals surface area contributed by atoms with Gasteiger partial charge in [-0.25, -0.2) is 0 Å². The van der Waals surface area contributed by atoms with Crippen LogP contribution < -0.4 is 5.32 Å². The summed E-state index contributed by atoms with van der Waals surface area (Å²) in [6.07, 6.45) is 0. The van der Waals surface area contributed by atoms with E-state index >= 15 is 0 Å². The fourth-order valence-corrected chi connectivity index (χ4v) is 0.621. The Bertz CT molecular complexity index is 138. The normalized spacial score (nSPS) is 13.7. The second-order valence-electron chi connectivity index (χ2n) is 1.55. The zero-order valence-electron chi connectivity index (χ0n) is 5.03. The second-order valence-corrected chi connectivity index (χ2v) is 4.28. The van der Waals surface area contributed by atoms with E-state index in [2.05, 4.69) is 5.32 Å². The number of hydrogen-bond donors (Lipinski definition) is 1. The van der Waals surface area contributed by atoms with Gasteiger partial charge in [-0.1, -0.05) is 34.8 Å². The second kappa shape index (κ2) is 5.55. The largest absolute Gasteiger partial charge is 0.335 e. The zero-order chi connectivity index (χ0) is 9.02. The van der Waals surface area contributed by atoms with Gasteiger partial charge in [0.25, 0.3) is 5.91 Å². The number of carbonyl (C=O) groups excluding carboxylic acids is 1. The van der Waals surface area contributed by atoms with Crippen LogP contribution in [0.4, 0.5) is 0 Å². The molecule has 0 heterocycles. The first kappa shape index (κ1) is 11.9. The maximum absolute atomic E-state index is 10.7. The van der Waals surface area contributed by atoms with Crippen LogP contribution in [0.5, 0.6) is 0 Å². The highest BCUT2D eigenvalue weighted by Gasteiger charge is 2.19. The standard InChI is InChI=1S/C4H4Cl5NO/c5-1(6)3(9)10-4(11)2(7)8/h1-3H,(H,10,11). The predicted molar refractivity (Wildman–Crippen MR) is 48.8 cm³/mol. The van der Waals surface area contributed by atoms with E-state index in [1.807, 2.05) is 0 Å². The minimum atomic E-state index is -1.16. The molecule has 0 rings (SSSR count). The summed E-state index contributed by atoms with van der Waals surface area (Å²) in [5, 5.41) is 2.18. The average molecular weight is 259 g/mol. The third-order valence-electron chi connectivity index (χ3n) is 0.700. The van der Waals surface area contributed by atoms with Crippen molar-refractivity contribution in [1.29, 1.82) is 0 Å². The lowest BCUT2D eigenvalue weighted by molar-refractivity contribution is -0.119. The lowest BCUT2D eigenvalue weighted by Crippen LogP contribution is -2.37. The topological polar surface area (TPSA) is 29.1 Å². The van der Waals surface area contributed by atoms with Crippen molar-refractivity contribution >= 4 is 63.9 Å². The monoisotopic (exact) mass is 257 g/mol. The van der Waals surface area contributed by atoms with Crippen LogP contribution in [0.25, 0.3) is 0 Å². The number of amides is 1. The van der Waals surface area contributed by atoms with Crippen LogP contribution in [0.15, 0.2) is 0 Å². The molecule has 0 saturated heterocycles. The first-order valence-corrected chi connectivity index (χ1v) is 4.64. The summed E-state index contributed by atoms with van der Waals surface area (Å²) in [5.41, 5.74) is -0.883. The third kappa shape index (κ3) is 5.21. The molecular weight excluding hydrogens is 255 g/mol. The maximum atomic E-state index is 10.7. The van der Waals surface area contributed by atoms with Crippen molar-refractivity contribution in [1.82, 2.24) is 5.32 Å². The molecule has 0 bridgehead atoms. The van der Waals surface area contributed by atoms with E-state index in [0.717, 1.165) is 0 Å². The summed E-state index contributed by atoms with van der Waals surface area (Å²) in [7, 11) is 0. The fourth-order valence-electron chi connectivity index (χ4n) is 0.262. The van der Waals surface area contributed by atoms with Gasteiger partial charge in [0.2, 0.25) is 0 Å². The van der Waals surface area contributed by atoms with Crippen LogP contribution in [0.2, 0.25) is 0 Å². The van der Waals surface area contributed by atoms with Crippen LogP contribution in [0, 0.1) is 0 Å². The van der Waals surface area contributed by atoms with Crippen molar-refractivity contribution in [3.8, 4) is 0 Å². The van der Waals surface area contributed by atoms with Gasteiger partial charge in [0.1, 0.15) is 10.3 Å². The molecule has 11 heavy (non-hydrogen) atoms. The molecule has 66 valence electrons. The number of nitrogens with one attached hydrogen (secondary N) is 1. The number of hydrogen-bond acceptors (Lipinski definition) is 1. The predicted octanol–water partition coefficient (Wildman–Crippen LogP) is 2.27. The van der Waals surface area contributed by atoms with E-state index in [1.165, 1.54) is 0 Å². The summed E-state index contributed by atoms with van der Waals surface area (Å²) in [6, 6.07) is 0. The molecule has 0 radical (unpaired) electrons. The summed E-state index contributed by atoms with van der Waals surface area (Å²) in [5.74, 6) is -0.625. The van der Waals surface area contributed by atoms with Gasteiger partial charge < -0.3 is 5.32 Å². The highest BCUT2D eigenvalue weighted by Crippen LogP contribution is 2.12. The Labute approximate surface area is 89.1 Å². The molecule has 0 spiro atoms. The molecular formula is C4H4Cl5NO. The van der Waals surface area contributed by atoms with Gasteiger partial charge >= 0.3 is 0 Å². The molecule has 1 amide bonds. The van der Waals surface area contributed by atoms with Crippen LogP contribution >= 0.6 is 58.0 Å². The van der Waals surface area contributed by atoms with Crippen molar-refractivity contribution in [3.05, 3.63) is 0 Å². The van der Waals surface area contributed by atoms with Crippen molar-refractivity contribution in [2.75, 3.05) is 0 Å². The smallest absolute Gasteiger partial charge is 0.254 e. The van der Waals surface area contributed by atoms with Gasteiger partial charge in [-0.05, 0) is 0 Å². The summed E-state index contributed by atoms with van der Waals surface area (Å²) in [6.45, 7) is 0. The van der Waals surface area contributed by atoms with Crippen molar-refractivity contribution < 1.29 is 4.79 Å². The van der Waals surface area contributed by atoms with E-state index in [9.17, 15) is 4.79 Å². The molecule has 7 heteroatoms. The number of halogens is 5. The number of rotatable bonds is 3. The summed E-state index contributed by atoms with van der Waals surface area (Å²) < 4.78 is 0. The molecule has 1 unspecified atom stereocenters. The van der Waals surface area contributed by atoms with Gasteiger partial charge in [-0.15, -0.1) is 23.2 Å². The third-order valence-corrected chi connectivity index (χ3v) is 2.22. The van der Waals surface area contributed by atoms with Crippen LogP contribution in [0.1, 0.15) is 0 Å². The first-order chi connectivity index (χ1) is 4.95. The Hall–Kier alpha value is 0.920. The zero-order valence-corrected chi connectivity index (χ0v) is 8.81. The first-order valence-electron chi connectivity index (χ1n) is 2.46. The SMILES string of the molecule is O=C(NC(Cl)C(Cl)Cl)C(Cl)Cl. The van der Waals surface area contributed by atoms with Gasteiger partial charge in [0.05, 0.1) is 0 Å². The Morgan fingerprint density at radius 2 is 1.55 bits per heavy atom. The molecule has 0 aromatic rings. The molecule has 1 atom stereocenters. The Morgan fingerprint density at radius 3 is 1.82 bits per heavy atom. The molecule has 0 aromatic carbocycles. The van der Waals surface area contributed by atoms with Crippen LogP contribution in [-0.2, 0) is 4.79 Å². The van der Waals surface area contributed by atoms with Crippen molar-refractivity contribution in [2.24, 2.45) is 0 Å². The average Bonchev–Trinajstić information content (AvgIpc) is 1.87. The van der Waals surface area contributed by atoms with E-state index in [-0.39, 0.29) is 0 Å². The molecule has 0 aromatic heterocycles. The maximum Gasteiger partial charge on any atom is 0.254 e. The van der Waals surface area contributed by atoms with E-state index in [0.29, 0.717) is 0 Å². The lowest BCUT2D eigenvalue weighted by Gasteiger charge is -2.12. The van der Waals surface area contributed by atoms with Gasteiger partial charge in [-0.3, -0.25) is 4.79 Å². The fraction of sp³-hybridized carbons (Fsp3) is 0.750. The van der Waals surface area contributed by atoms with Crippen LogP contribution in [0.3, 0.4) is 0 Å². The Kier molecular flexibility index (Phi) is 6.01. The molecule has 0 aliphatic rings. The molecule has 2 nitrogen and oxygen atoms in total. The molecule has 1 N–H and O–H groups in total. The molecule has 0 aliphatic carbocycles. The molecule has 0 saturated carbocycles. The lowest BCUT2D eigenvalue weighted by atomic mass is 10.6. The van der Waals surface area contributed by atoms with Crippen LogP contribution in [-0.4, -0.2) is 21.1 Å². The van der Waals surface area contributed by atoms with Crippen molar-refractivity contribution in [3.63, 3.8) is 0 Å². The molecule has 0 aliphatic heterocycles. The van der Waals surface area contributed by atoms with E-state index in [4.69, 9.17) is 58.0 Å². The quantitative estimate of drug-likeness (QED) is 0.611. The summed E-state index contributed by atoms with van der Waals surface area (Å²) >= 11 is 26.4. The highest BCUT2D eigenvalue weighted by molar-refractivity contribution is 6.54. The minimum absolute atomic E-state index is 0.625. The minimum Gasteiger partial charge on any atom is -0.335 e. The van der Waals surface area contributed by atoms with E-state index < -0.39 is 21.1 Å². The van der Waals surface area contributed by atoms with Gasteiger partial charge in [0.15, 0.2) is 4.84 Å². The van der Waals surface area contributed by atoms with E-state index in [1.54, 1.807) is 0 Å².